The van der Waals surface area contributed by atoms with Crippen LogP contribution in [0.3, 0.4) is 0 Å². The Bertz CT molecular complexity index is 578. The number of hydrogen-bond donors (Lipinski definition) is 1. The molecule has 0 radical (unpaired) electrons. The average Bonchev–Trinajstić information content (AvgIpc) is 2.62. The van der Waals surface area contributed by atoms with E-state index < -0.39 is 11.6 Å². The lowest BCUT2D eigenvalue weighted by Crippen LogP contribution is -2.49. The van der Waals surface area contributed by atoms with Crippen molar-refractivity contribution in [1.29, 1.82) is 0 Å². The zero-order valence-electron chi connectivity index (χ0n) is 14.9. The van der Waals surface area contributed by atoms with E-state index in [0.29, 0.717) is 12.0 Å². The average molecular weight is 332 g/mol. The number of carboxylic acids is 1. The third kappa shape index (κ3) is 3.09. The molecular formula is C20H28O4. The van der Waals surface area contributed by atoms with E-state index in [1.54, 1.807) is 13.8 Å². The maximum Gasteiger partial charge on any atom is 0.335 e. The van der Waals surface area contributed by atoms with E-state index in [1.165, 1.54) is 24.8 Å². The van der Waals surface area contributed by atoms with Gasteiger partial charge in [0.15, 0.2) is 5.60 Å². The lowest BCUT2D eigenvalue weighted by molar-refractivity contribution is -0.162. The summed E-state index contributed by atoms with van der Waals surface area (Å²) in [6.07, 6.45) is 7.05. The molecule has 4 nitrogen and oxygen atoms in total. The summed E-state index contributed by atoms with van der Waals surface area (Å²) in [5, 5.41) is 9.11. The maximum atomic E-state index is 11.1. The molecule has 1 aromatic rings. The summed E-state index contributed by atoms with van der Waals surface area (Å²) < 4.78 is 11.3. The Morgan fingerprint density at radius 3 is 2.08 bits per heavy atom. The van der Waals surface area contributed by atoms with Gasteiger partial charge < -0.3 is 14.6 Å². The first kappa shape index (κ1) is 17.4. The number of fused-ring (bicyclic) bond motifs is 3. The highest BCUT2D eigenvalue weighted by molar-refractivity contribution is 5.76. The molecular weight excluding hydrogens is 304 g/mol. The molecule has 4 rings (SSSR count). The van der Waals surface area contributed by atoms with Crippen LogP contribution in [0.4, 0.5) is 0 Å². The quantitative estimate of drug-likeness (QED) is 0.853. The van der Waals surface area contributed by atoms with Gasteiger partial charge in [0.05, 0.1) is 12.2 Å². The molecule has 0 aromatic heterocycles. The van der Waals surface area contributed by atoms with Crippen molar-refractivity contribution in [3.05, 3.63) is 35.4 Å². The molecule has 3 aliphatic rings. The zero-order valence-corrected chi connectivity index (χ0v) is 14.9. The predicted octanol–water partition coefficient (Wildman–Crippen LogP) is 4.06. The Hall–Kier alpha value is -1.39. The van der Waals surface area contributed by atoms with Gasteiger partial charge in [0.1, 0.15) is 0 Å². The summed E-state index contributed by atoms with van der Waals surface area (Å²) in [6, 6.07) is 8.57. The van der Waals surface area contributed by atoms with E-state index >= 15 is 0 Å². The fourth-order valence-corrected chi connectivity index (χ4v) is 4.17. The molecule has 1 N–H and O–H groups in total. The summed E-state index contributed by atoms with van der Waals surface area (Å²) in [5.41, 5.74) is 1.71. The van der Waals surface area contributed by atoms with Gasteiger partial charge in [-0.05, 0) is 68.9 Å². The van der Waals surface area contributed by atoms with E-state index in [0.717, 1.165) is 24.8 Å². The normalized spacial score (nSPS) is 29.6. The molecule has 0 saturated heterocycles. The van der Waals surface area contributed by atoms with Crippen molar-refractivity contribution in [3.8, 4) is 0 Å². The van der Waals surface area contributed by atoms with Crippen LogP contribution in [0.2, 0.25) is 0 Å². The molecule has 0 spiro atoms. The Balaban J connectivity index is 1.66. The molecule has 0 aliphatic heterocycles. The van der Waals surface area contributed by atoms with Crippen molar-refractivity contribution in [2.45, 2.75) is 75.6 Å². The van der Waals surface area contributed by atoms with Gasteiger partial charge in [-0.15, -0.1) is 0 Å². The van der Waals surface area contributed by atoms with Crippen LogP contribution in [0.15, 0.2) is 24.3 Å². The van der Waals surface area contributed by atoms with Crippen molar-refractivity contribution in [1.82, 2.24) is 0 Å². The number of methoxy groups -OCH3 is 1. The first-order valence-corrected chi connectivity index (χ1v) is 8.83. The van der Waals surface area contributed by atoms with Crippen molar-refractivity contribution >= 4 is 5.97 Å². The van der Waals surface area contributed by atoms with Gasteiger partial charge >= 0.3 is 5.97 Å². The number of rotatable bonds is 6. The Morgan fingerprint density at radius 1 is 1.08 bits per heavy atom. The minimum absolute atomic E-state index is 0.137. The van der Waals surface area contributed by atoms with E-state index in [1.807, 2.05) is 7.11 Å². The zero-order chi connectivity index (χ0) is 17.4. The van der Waals surface area contributed by atoms with Crippen LogP contribution < -0.4 is 0 Å². The minimum atomic E-state index is -1.16. The van der Waals surface area contributed by atoms with Gasteiger partial charge in [0.25, 0.3) is 0 Å². The highest BCUT2D eigenvalue weighted by Crippen LogP contribution is 2.54. The molecule has 132 valence electrons. The van der Waals surface area contributed by atoms with Crippen molar-refractivity contribution < 1.29 is 19.4 Å². The van der Waals surface area contributed by atoms with Crippen LogP contribution in [0.5, 0.6) is 0 Å². The molecule has 0 heterocycles. The molecule has 24 heavy (non-hydrogen) atoms. The molecule has 0 amide bonds. The number of aliphatic carboxylic acids is 1. The molecule has 3 aliphatic carbocycles. The SMILES string of the molecule is COC12CCC(c3ccc(COC(C)(C)C(=O)O)cc3)(CC1)CC2. The second kappa shape index (κ2) is 6.16. The second-order valence-corrected chi connectivity index (χ2v) is 7.97. The fourth-order valence-electron chi connectivity index (χ4n) is 4.17. The van der Waals surface area contributed by atoms with Gasteiger partial charge in [-0.25, -0.2) is 4.79 Å². The third-order valence-electron chi connectivity index (χ3n) is 6.29. The molecule has 0 atom stereocenters. The molecule has 3 saturated carbocycles. The van der Waals surface area contributed by atoms with Crippen LogP contribution in [-0.4, -0.2) is 29.4 Å². The number of benzene rings is 1. The van der Waals surface area contributed by atoms with Crippen LogP contribution >= 0.6 is 0 Å². The fraction of sp³-hybridized carbons (Fsp3) is 0.650. The minimum Gasteiger partial charge on any atom is -0.479 e. The van der Waals surface area contributed by atoms with E-state index in [9.17, 15) is 4.79 Å². The van der Waals surface area contributed by atoms with E-state index in [4.69, 9.17) is 14.6 Å². The van der Waals surface area contributed by atoms with Crippen LogP contribution in [-0.2, 0) is 26.3 Å². The van der Waals surface area contributed by atoms with Crippen molar-refractivity contribution in [2.75, 3.05) is 7.11 Å². The Morgan fingerprint density at radius 2 is 1.62 bits per heavy atom. The second-order valence-electron chi connectivity index (χ2n) is 7.97. The van der Waals surface area contributed by atoms with Gasteiger partial charge in [0.2, 0.25) is 0 Å². The number of carbonyl (C=O) groups is 1. The Kier molecular flexibility index (Phi) is 4.47. The highest BCUT2D eigenvalue weighted by atomic mass is 16.5. The molecule has 1 aromatic carbocycles. The van der Waals surface area contributed by atoms with E-state index in [-0.39, 0.29) is 5.60 Å². The lowest BCUT2D eigenvalue weighted by Gasteiger charge is -2.53. The first-order valence-electron chi connectivity index (χ1n) is 8.83. The monoisotopic (exact) mass is 332 g/mol. The van der Waals surface area contributed by atoms with Crippen molar-refractivity contribution in [3.63, 3.8) is 0 Å². The molecule has 2 bridgehead atoms. The maximum absolute atomic E-state index is 11.1. The first-order chi connectivity index (χ1) is 11.3. The topological polar surface area (TPSA) is 55.8 Å². The summed E-state index contributed by atoms with van der Waals surface area (Å²) in [7, 11) is 1.85. The van der Waals surface area contributed by atoms with Gasteiger partial charge in [-0.3, -0.25) is 0 Å². The lowest BCUT2D eigenvalue weighted by atomic mass is 9.56. The van der Waals surface area contributed by atoms with Gasteiger partial charge in [-0.2, -0.15) is 0 Å². The molecule has 3 fully saturated rings. The molecule has 0 unspecified atom stereocenters. The number of hydrogen-bond acceptors (Lipinski definition) is 3. The largest absolute Gasteiger partial charge is 0.479 e. The summed E-state index contributed by atoms with van der Waals surface area (Å²) in [5.74, 6) is -0.941. The highest BCUT2D eigenvalue weighted by Gasteiger charge is 2.49. The number of ether oxygens (including phenoxy) is 2. The summed E-state index contributed by atoms with van der Waals surface area (Å²) in [4.78, 5) is 11.1. The van der Waals surface area contributed by atoms with E-state index in [2.05, 4.69) is 24.3 Å². The van der Waals surface area contributed by atoms with Crippen LogP contribution in [0.25, 0.3) is 0 Å². The Labute approximate surface area is 144 Å². The third-order valence-corrected chi connectivity index (χ3v) is 6.29. The number of carboxylic acid groups (broad SMARTS) is 1. The smallest absolute Gasteiger partial charge is 0.335 e. The standard InChI is InChI=1S/C20H28O4/c1-18(2,17(21)22)24-14-15-4-6-16(7-5-15)19-8-11-20(23-3,12-9-19)13-10-19/h4-7H,8-14H2,1-3H3,(H,21,22). The van der Waals surface area contributed by atoms with Crippen LogP contribution in [0.1, 0.15) is 63.5 Å². The van der Waals surface area contributed by atoms with Gasteiger partial charge in [-0.1, -0.05) is 24.3 Å². The molecule has 4 heteroatoms. The van der Waals surface area contributed by atoms with Gasteiger partial charge in [0, 0.05) is 7.11 Å². The predicted molar refractivity (Wildman–Crippen MR) is 92.1 cm³/mol. The van der Waals surface area contributed by atoms with Crippen molar-refractivity contribution in [2.24, 2.45) is 0 Å². The van der Waals surface area contributed by atoms with Crippen LogP contribution in [0, 0.1) is 0 Å². The summed E-state index contributed by atoms with van der Waals surface area (Å²) in [6.45, 7) is 3.48. The summed E-state index contributed by atoms with van der Waals surface area (Å²) >= 11 is 0.